The molecule has 0 aliphatic heterocycles. The van der Waals surface area contributed by atoms with E-state index in [-0.39, 0.29) is 5.78 Å². The van der Waals surface area contributed by atoms with E-state index < -0.39 is 0 Å². The highest BCUT2D eigenvalue weighted by Gasteiger charge is 2.22. The quantitative estimate of drug-likeness (QED) is 0.750. The lowest BCUT2D eigenvalue weighted by atomic mass is 10.1. The molecule has 0 saturated heterocycles. The predicted octanol–water partition coefficient (Wildman–Crippen LogP) is 3.36. The third kappa shape index (κ3) is 4.25. The Kier molecular flexibility index (Phi) is 4.35. The van der Waals surface area contributed by atoms with E-state index in [4.69, 9.17) is 0 Å². The van der Waals surface area contributed by atoms with Gasteiger partial charge in [0.15, 0.2) is 5.78 Å². The largest absolute Gasteiger partial charge is 0.306 e. The fourth-order valence-electron chi connectivity index (χ4n) is 1.91. The smallest absolute Gasteiger partial charge is 0.164 e. The topological polar surface area (TPSA) is 20.3 Å². The first kappa shape index (κ1) is 12.8. The van der Waals surface area contributed by atoms with Gasteiger partial charge in [0.1, 0.15) is 0 Å². The van der Waals surface area contributed by atoms with Crippen molar-refractivity contribution in [2.24, 2.45) is 5.92 Å². The minimum Gasteiger partial charge on any atom is -0.306 e. The van der Waals surface area contributed by atoms with E-state index in [2.05, 4.69) is 27.9 Å². The van der Waals surface area contributed by atoms with Crippen molar-refractivity contribution in [2.45, 2.75) is 19.3 Å². The van der Waals surface area contributed by atoms with E-state index in [1.165, 1.54) is 12.8 Å². The number of Topliss-reactive ketones (excluding diaryl/α,β-unsaturated/α-hetero) is 1. The van der Waals surface area contributed by atoms with Gasteiger partial charge >= 0.3 is 0 Å². The van der Waals surface area contributed by atoms with Crippen molar-refractivity contribution in [2.75, 3.05) is 20.1 Å². The molecular formula is C14H18BrNO. The van der Waals surface area contributed by atoms with Gasteiger partial charge in [-0.3, -0.25) is 4.79 Å². The summed E-state index contributed by atoms with van der Waals surface area (Å²) in [5, 5.41) is 0. The molecule has 1 aromatic rings. The highest BCUT2D eigenvalue weighted by molar-refractivity contribution is 9.10. The number of halogens is 1. The number of ketones is 1. The molecule has 3 heteroatoms. The Balaban J connectivity index is 1.77. The van der Waals surface area contributed by atoms with E-state index in [1.54, 1.807) is 0 Å². The van der Waals surface area contributed by atoms with Crippen molar-refractivity contribution in [3.8, 4) is 0 Å². The number of rotatable bonds is 6. The monoisotopic (exact) mass is 295 g/mol. The molecule has 92 valence electrons. The molecule has 1 aromatic carbocycles. The van der Waals surface area contributed by atoms with Crippen LogP contribution >= 0.6 is 15.9 Å². The minimum atomic E-state index is 0.236. The number of nitrogens with zero attached hydrogens (tertiary/aromatic N) is 1. The van der Waals surface area contributed by atoms with Crippen LogP contribution in [0.3, 0.4) is 0 Å². The van der Waals surface area contributed by atoms with Crippen molar-refractivity contribution < 1.29 is 4.79 Å². The maximum absolute atomic E-state index is 11.9. The van der Waals surface area contributed by atoms with Gasteiger partial charge in [0.25, 0.3) is 0 Å². The predicted molar refractivity (Wildman–Crippen MR) is 73.3 cm³/mol. The molecule has 0 heterocycles. The van der Waals surface area contributed by atoms with Gasteiger partial charge in [0.2, 0.25) is 0 Å². The standard InChI is InChI=1S/C14H18BrNO/c1-16(10-11-2-3-11)9-8-14(17)12-4-6-13(15)7-5-12/h4-7,11H,2-3,8-10H2,1H3. The van der Waals surface area contributed by atoms with Gasteiger partial charge in [-0.15, -0.1) is 0 Å². The molecule has 0 aromatic heterocycles. The molecule has 1 fully saturated rings. The molecule has 2 rings (SSSR count). The summed E-state index contributed by atoms with van der Waals surface area (Å²) in [6.45, 7) is 2.01. The summed E-state index contributed by atoms with van der Waals surface area (Å²) >= 11 is 3.37. The van der Waals surface area contributed by atoms with E-state index >= 15 is 0 Å². The molecule has 0 unspecified atom stereocenters. The first-order valence-corrected chi connectivity index (χ1v) is 6.92. The molecular weight excluding hydrogens is 278 g/mol. The maximum Gasteiger partial charge on any atom is 0.164 e. The number of carbonyl (C=O) groups excluding carboxylic acids is 1. The second-order valence-electron chi connectivity index (χ2n) is 4.89. The number of carbonyl (C=O) groups is 1. The van der Waals surface area contributed by atoms with Crippen LogP contribution in [0.25, 0.3) is 0 Å². The lowest BCUT2D eigenvalue weighted by Crippen LogP contribution is -2.24. The summed E-state index contributed by atoms with van der Waals surface area (Å²) < 4.78 is 1.01. The second kappa shape index (κ2) is 5.78. The highest BCUT2D eigenvalue weighted by Crippen LogP contribution is 2.29. The van der Waals surface area contributed by atoms with E-state index in [0.717, 1.165) is 29.0 Å². The molecule has 0 amide bonds. The van der Waals surface area contributed by atoms with Gasteiger partial charge < -0.3 is 4.90 Å². The maximum atomic E-state index is 11.9. The van der Waals surface area contributed by atoms with Crippen molar-refractivity contribution >= 4 is 21.7 Å². The van der Waals surface area contributed by atoms with Gasteiger partial charge in [-0.25, -0.2) is 0 Å². The molecule has 0 radical (unpaired) electrons. The van der Waals surface area contributed by atoms with Crippen molar-refractivity contribution in [1.29, 1.82) is 0 Å². The highest BCUT2D eigenvalue weighted by atomic mass is 79.9. The summed E-state index contributed by atoms with van der Waals surface area (Å²) in [6, 6.07) is 7.60. The van der Waals surface area contributed by atoms with Crippen LogP contribution in [-0.4, -0.2) is 30.8 Å². The molecule has 0 bridgehead atoms. The fourth-order valence-corrected chi connectivity index (χ4v) is 2.17. The van der Waals surface area contributed by atoms with Crippen LogP contribution in [0, 0.1) is 5.92 Å². The SMILES string of the molecule is CN(CCC(=O)c1ccc(Br)cc1)CC1CC1. The lowest BCUT2D eigenvalue weighted by Gasteiger charge is -2.15. The Morgan fingerprint density at radius 1 is 1.35 bits per heavy atom. The summed E-state index contributed by atoms with van der Waals surface area (Å²) in [7, 11) is 2.10. The van der Waals surface area contributed by atoms with Crippen LogP contribution in [0.15, 0.2) is 28.7 Å². The van der Waals surface area contributed by atoms with Crippen molar-refractivity contribution in [3.63, 3.8) is 0 Å². The molecule has 0 N–H and O–H groups in total. The Labute approximate surface area is 111 Å². The zero-order chi connectivity index (χ0) is 12.3. The molecule has 1 saturated carbocycles. The number of hydrogen-bond donors (Lipinski definition) is 0. The lowest BCUT2D eigenvalue weighted by molar-refractivity contribution is 0.0968. The van der Waals surface area contributed by atoms with Crippen LogP contribution < -0.4 is 0 Å². The summed E-state index contributed by atoms with van der Waals surface area (Å²) in [4.78, 5) is 14.2. The van der Waals surface area contributed by atoms with Crippen LogP contribution in [-0.2, 0) is 0 Å². The van der Waals surface area contributed by atoms with Gasteiger partial charge in [0.05, 0.1) is 0 Å². The Morgan fingerprint density at radius 3 is 2.59 bits per heavy atom. The average Bonchev–Trinajstić information content (AvgIpc) is 3.11. The van der Waals surface area contributed by atoms with Crippen LogP contribution in [0.5, 0.6) is 0 Å². The molecule has 1 aliphatic carbocycles. The van der Waals surface area contributed by atoms with E-state index in [1.807, 2.05) is 24.3 Å². The van der Waals surface area contributed by atoms with Crippen LogP contribution in [0.2, 0.25) is 0 Å². The van der Waals surface area contributed by atoms with Gasteiger partial charge in [-0.2, -0.15) is 0 Å². The van der Waals surface area contributed by atoms with Gasteiger partial charge in [-0.1, -0.05) is 28.1 Å². The molecule has 0 spiro atoms. The van der Waals surface area contributed by atoms with E-state index in [9.17, 15) is 4.79 Å². The van der Waals surface area contributed by atoms with Crippen LogP contribution in [0.4, 0.5) is 0 Å². The molecule has 17 heavy (non-hydrogen) atoms. The number of hydrogen-bond acceptors (Lipinski definition) is 2. The van der Waals surface area contributed by atoms with E-state index in [0.29, 0.717) is 6.42 Å². The van der Waals surface area contributed by atoms with Crippen molar-refractivity contribution in [1.82, 2.24) is 4.90 Å². The Bertz CT molecular complexity index is 384. The Morgan fingerprint density at radius 2 is 2.00 bits per heavy atom. The summed E-state index contributed by atoms with van der Waals surface area (Å²) in [5.74, 6) is 1.13. The second-order valence-corrected chi connectivity index (χ2v) is 5.80. The third-order valence-corrected chi connectivity index (χ3v) is 3.68. The first-order valence-electron chi connectivity index (χ1n) is 6.12. The zero-order valence-corrected chi connectivity index (χ0v) is 11.7. The third-order valence-electron chi connectivity index (χ3n) is 3.15. The first-order chi connectivity index (χ1) is 8.15. The average molecular weight is 296 g/mol. The van der Waals surface area contributed by atoms with Gasteiger partial charge in [0, 0.05) is 29.5 Å². The fraction of sp³-hybridized carbons (Fsp3) is 0.500. The minimum absolute atomic E-state index is 0.236. The van der Waals surface area contributed by atoms with Gasteiger partial charge in [-0.05, 0) is 37.9 Å². The molecule has 0 atom stereocenters. The Hall–Kier alpha value is -0.670. The number of benzene rings is 1. The molecule has 1 aliphatic rings. The summed E-state index contributed by atoms with van der Waals surface area (Å²) in [5.41, 5.74) is 0.813. The van der Waals surface area contributed by atoms with Crippen molar-refractivity contribution in [3.05, 3.63) is 34.3 Å². The zero-order valence-electron chi connectivity index (χ0n) is 10.2. The summed E-state index contributed by atoms with van der Waals surface area (Å²) in [6.07, 6.45) is 3.35. The molecule has 2 nitrogen and oxygen atoms in total. The normalized spacial score (nSPS) is 15.2. The van der Waals surface area contributed by atoms with Crippen LogP contribution in [0.1, 0.15) is 29.6 Å².